The van der Waals surface area contributed by atoms with Crippen molar-refractivity contribution in [1.29, 1.82) is 0 Å². The van der Waals surface area contributed by atoms with E-state index in [4.69, 9.17) is 0 Å². The summed E-state index contributed by atoms with van der Waals surface area (Å²) >= 11 is 0. The van der Waals surface area contributed by atoms with E-state index in [1.807, 2.05) is 0 Å². The van der Waals surface area contributed by atoms with Crippen molar-refractivity contribution < 1.29 is 0 Å². The van der Waals surface area contributed by atoms with Crippen molar-refractivity contribution in [2.45, 2.75) is 13.8 Å². The maximum absolute atomic E-state index is 2.19. The van der Waals surface area contributed by atoms with E-state index >= 15 is 0 Å². The van der Waals surface area contributed by atoms with E-state index in [0.717, 1.165) is 0 Å². The van der Waals surface area contributed by atoms with Gasteiger partial charge in [0.25, 0.3) is 0 Å². The Hall–Kier alpha value is -1.69. The van der Waals surface area contributed by atoms with E-state index in [-0.39, 0.29) is 0 Å². The second-order valence-electron chi connectivity index (χ2n) is 3.97. The van der Waals surface area contributed by atoms with Crippen molar-refractivity contribution in [3.05, 3.63) is 77.2 Å². The van der Waals surface area contributed by atoms with Gasteiger partial charge in [-0.2, -0.15) is 0 Å². The molecule has 0 spiro atoms. The molecule has 0 aliphatic rings. The lowest BCUT2D eigenvalue weighted by atomic mass is 10.0. The first-order chi connectivity index (χ1) is 7.24. The molecule has 2 aromatic carbocycles. The van der Waals surface area contributed by atoms with Crippen LogP contribution in [0.1, 0.15) is 22.3 Å². The van der Waals surface area contributed by atoms with Crippen LogP contribution in [-0.2, 0) is 0 Å². The van der Waals surface area contributed by atoms with Crippen LogP contribution in [0.4, 0.5) is 0 Å². The van der Waals surface area contributed by atoms with Crippen LogP contribution in [0.2, 0.25) is 0 Å². The molecule has 0 saturated heterocycles. The van der Waals surface area contributed by atoms with Crippen LogP contribution in [0.25, 0.3) is 0 Å². The minimum atomic E-state index is 1.25. The summed E-state index contributed by atoms with van der Waals surface area (Å²) in [6.07, 6.45) is 2.19. The summed E-state index contributed by atoms with van der Waals surface area (Å²) in [4.78, 5) is 0. The van der Waals surface area contributed by atoms with Gasteiger partial charge in [0.05, 0.1) is 11.1 Å². The molecule has 0 aliphatic carbocycles. The minimum Gasteiger partial charge on any atom is -0.0384 e. The number of hydrogen-bond donors (Lipinski definition) is 0. The molecule has 0 nitrogen and oxygen atoms in total. The third kappa shape index (κ3) is 2.63. The third-order valence-corrected chi connectivity index (χ3v) is 2.49. The maximum atomic E-state index is 2.19. The number of rotatable bonds is 2. The van der Waals surface area contributed by atoms with Gasteiger partial charge in [-0.15, -0.1) is 0 Å². The van der Waals surface area contributed by atoms with Gasteiger partial charge in [-0.25, -0.2) is 0 Å². The Bertz CT molecular complexity index is 377. The summed E-state index contributed by atoms with van der Waals surface area (Å²) in [6.45, 7) is 4.21. The summed E-state index contributed by atoms with van der Waals surface area (Å²) in [5, 5.41) is 0. The summed E-state index contributed by atoms with van der Waals surface area (Å²) in [5.74, 6) is 0. The zero-order chi connectivity index (χ0) is 10.7. The molecule has 0 saturated carbocycles. The van der Waals surface area contributed by atoms with Crippen molar-refractivity contribution in [1.82, 2.24) is 0 Å². The smallest absolute Gasteiger partial charge is 0.0384 e. The Morgan fingerprint density at radius 3 is 1.27 bits per heavy atom. The van der Waals surface area contributed by atoms with Crippen molar-refractivity contribution in [2.75, 3.05) is 0 Å². The zero-order valence-corrected chi connectivity index (χ0v) is 9.20. The van der Waals surface area contributed by atoms with Gasteiger partial charge < -0.3 is 0 Å². The van der Waals surface area contributed by atoms with Crippen molar-refractivity contribution >= 4 is 0 Å². The van der Waals surface area contributed by atoms with Crippen molar-refractivity contribution in [3.8, 4) is 0 Å². The van der Waals surface area contributed by atoms with Crippen molar-refractivity contribution in [2.24, 2.45) is 0 Å². The van der Waals surface area contributed by atoms with Gasteiger partial charge >= 0.3 is 0 Å². The lowest BCUT2D eigenvalue weighted by molar-refractivity contribution is 1.37. The number of benzene rings is 2. The van der Waals surface area contributed by atoms with Crippen LogP contribution in [-0.4, -0.2) is 0 Å². The Balaban J connectivity index is 2.15. The maximum Gasteiger partial charge on any atom is 0.0725 e. The first kappa shape index (κ1) is 9.85. The molecule has 0 heterocycles. The van der Waals surface area contributed by atoms with Crippen LogP contribution in [0.5, 0.6) is 0 Å². The van der Waals surface area contributed by atoms with E-state index in [0.29, 0.717) is 0 Å². The van der Waals surface area contributed by atoms with E-state index in [9.17, 15) is 0 Å². The Kier molecular flexibility index (Phi) is 2.77. The molecule has 0 heteroatoms. The van der Waals surface area contributed by atoms with Crippen LogP contribution in [0.15, 0.2) is 48.5 Å². The standard InChI is InChI=1S/C15H15/c1-12-3-7-14(8-4-12)11-15-9-5-13(2)6-10-15/h3-11H,1-2H3/q+1. The molecule has 2 aromatic rings. The Morgan fingerprint density at radius 1 is 0.600 bits per heavy atom. The minimum absolute atomic E-state index is 1.25. The van der Waals surface area contributed by atoms with Gasteiger partial charge in [0.2, 0.25) is 0 Å². The van der Waals surface area contributed by atoms with Gasteiger partial charge in [-0.05, 0) is 49.2 Å². The van der Waals surface area contributed by atoms with Gasteiger partial charge in [-0.3, -0.25) is 0 Å². The second kappa shape index (κ2) is 4.22. The number of hydrogen-bond acceptors (Lipinski definition) is 0. The van der Waals surface area contributed by atoms with Gasteiger partial charge in [0.15, 0.2) is 0 Å². The third-order valence-electron chi connectivity index (χ3n) is 2.49. The second-order valence-corrected chi connectivity index (χ2v) is 3.97. The quantitative estimate of drug-likeness (QED) is 0.637. The highest BCUT2D eigenvalue weighted by Crippen LogP contribution is 2.13. The van der Waals surface area contributed by atoms with Gasteiger partial charge in [0, 0.05) is 30.7 Å². The van der Waals surface area contributed by atoms with Crippen LogP contribution < -0.4 is 0 Å². The largest absolute Gasteiger partial charge is 0.0725 e. The summed E-state index contributed by atoms with van der Waals surface area (Å²) in [7, 11) is 0. The molecule has 0 N–H and O–H groups in total. The first-order valence-corrected chi connectivity index (χ1v) is 5.22. The molecule has 0 atom stereocenters. The topological polar surface area (TPSA) is 0 Å². The predicted molar refractivity (Wildman–Crippen MR) is 64.9 cm³/mol. The summed E-state index contributed by atoms with van der Waals surface area (Å²) < 4.78 is 0. The fourth-order valence-corrected chi connectivity index (χ4v) is 1.52. The molecule has 15 heavy (non-hydrogen) atoms. The molecule has 0 unspecified atom stereocenters. The molecule has 74 valence electrons. The van der Waals surface area contributed by atoms with Crippen LogP contribution in [0.3, 0.4) is 0 Å². The van der Waals surface area contributed by atoms with Crippen LogP contribution >= 0.6 is 0 Å². The Labute approximate surface area is 91.6 Å². The molecule has 0 bridgehead atoms. The fraction of sp³-hybridized carbons (Fsp3) is 0.133. The summed E-state index contributed by atoms with van der Waals surface area (Å²) in [6, 6.07) is 17.1. The predicted octanol–water partition coefficient (Wildman–Crippen LogP) is 3.90. The highest BCUT2D eigenvalue weighted by molar-refractivity contribution is 5.38. The van der Waals surface area contributed by atoms with E-state index in [1.54, 1.807) is 0 Å². The zero-order valence-electron chi connectivity index (χ0n) is 9.20. The molecular formula is C15H15+. The van der Waals surface area contributed by atoms with Gasteiger partial charge in [0.1, 0.15) is 0 Å². The number of aryl methyl sites for hydroxylation is 2. The SMILES string of the molecule is Cc1ccc([CH+]c2ccc(C)cc2)cc1. The molecule has 0 radical (unpaired) electrons. The summed E-state index contributed by atoms with van der Waals surface area (Å²) in [5.41, 5.74) is 5.11. The van der Waals surface area contributed by atoms with Crippen LogP contribution in [0, 0.1) is 20.3 Å². The van der Waals surface area contributed by atoms with E-state index in [1.165, 1.54) is 22.3 Å². The monoisotopic (exact) mass is 195 g/mol. The lowest BCUT2D eigenvalue weighted by Gasteiger charge is -1.96. The molecule has 0 fully saturated rings. The molecule has 0 aliphatic heterocycles. The average Bonchev–Trinajstić information content (AvgIpc) is 2.25. The molecule has 0 amide bonds. The average molecular weight is 195 g/mol. The Morgan fingerprint density at radius 2 is 0.933 bits per heavy atom. The fourth-order valence-electron chi connectivity index (χ4n) is 1.52. The van der Waals surface area contributed by atoms with E-state index < -0.39 is 0 Å². The normalized spacial score (nSPS) is 10.0. The lowest BCUT2D eigenvalue weighted by Crippen LogP contribution is -1.85. The highest BCUT2D eigenvalue weighted by atomic mass is 14.0. The van der Waals surface area contributed by atoms with Crippen molar-refractivity contribution in [3.63, 3.8) is 0 Å². The van der Waals surface area contributed by atoms with Gasteiger partial charge in [-0.1, -0.05) is 0 Å². The molecular weight excluding hydrogens is 180 g/mol. The highest BCUT2D eigenvalue weighted by Gasteiger charge is 2.02. The molecule has 2 rings (SSSR count). The first-order valence-electron chi connectivity index (χ1n) is 5.22. The molecule has 0 aromatic heterocycles. The van der Waals surface area contributed by atoms with E-state index in [2.05, 4.69) is 68.8 Å².